The van der Waals surface area contributed by atoms with Crippen molar-refractivity contribution in [2.24, 2.45) is 0 Å². The van der Waals surface area contributed by atoms with Crippen LogP contribution in [0.15, 0.2) is 36.4 Å². The third kappa shape index (κ3) is 4.28. The van der Waals surface area contributed by atoms with E-state index in [2.05, 4.69) is 0 Å². The minimum atomic E-state index is -4.21. The lowest BCUT2D eigenvalue weighted by Gasteiger charge is -2.40. The van der Waals surface area contributed by atoms with E-state index in [1.54, 1.807) is 23.1 Å². The molecule has 31 heavy (non-hydrogen) atoms. The van der Waals surface area contributed by atoms with Gasteiger partial charge in [0.1, 0.15) is 0 Å². The summed E-state index contributed by atoms with van der Waals surface area (Å²) in [6, 6.07) is 8.53. The molecule has 2 aromatic carbocycles. The van der Waals surface area contributed by atoms with E-state index < -0.39 is 35.6 Å². The van der Waals surface area contributed by atoms with E-state index >= 15 is 0 Å². The number of rotatable bonds is 3. The van der Waals surface area contributed by atoms with Crippen molar-refractivity contribution in [1.29, 1.82) is 0 Å². The smallest absolute Gasteiger partial charge is 0.307 e. The first-order valence-electron chi connectivity index (χ1n) is 9.95. The van der Waals surface area contributed by atoms with Gasteiger partial charge in [-0.05, 0) is 61.8 Å². The predicted octanol–water partition coefficient (Wildman–Crippen LogP) is 5.56. The van der Waals surface area contributed by atoms with Crippen molar-refractivity contribution in [3.63, 3.8) is 0 Å². The fourth-order valence-corrected chi connectivity index (χ4v) is 4.73. The first-order valence-corrected chi connectivity index (χ1v) is 10.3. The monoisotopic (exact) mass is 458 g/mol. The molecule has 0 aliphatic carbocycles. The van der Waals surface area contributed by atoms with Crippen LogP contribution in [-0.4, -0.2) is 43.2 Å². The molecular formula is C22H20ClF5N2O. The van der Waals surface area contributed by atoms with Crippen molar-refractivity contribution < 1.29 is 26.7 Å². The number of anilines is 1. The number of hydrogen-bond donors (Lipinski definition) is 0. The topological polar surface area (TPSA) is 23.6 Å². The zero-order valence-corrected chi connectivity index (χ0v) is 17.2. The summed E-state index contributed by atoms with van der Waals surface area (Å²) in [5.41, 5.74) is 0.539. The van der Waals surface area contributed by atoms with Crippen molar-refractivity contribution in [1.82, 2.24) is 4.90 Å². The molecule has 0 bridgehead atoms. The van der Waals surface area contributed by atoms with Crippen LogP contribution in [0.25, 0.3) is 0 Å². The first-order chi connectivity index (χ1) is 14.6. The molecular weight excluding hydrogens is 439 g/mol. The number of hydrogen-bond acceptors (Lipinski definition) is 2. The molecule has 0 saturated carbocycles. The van der Waals surface area contributed by atoms with Gasteiger partial charge in [-0.3, -0.25) is 4.79 Å². The Morgan fingerprint density at radius 1 is 1.10 bits per heavy atom. The van der Waals surface area contributed by atoms with Crippen LogP contribution in [0.2, 0.25) is 5.02 Å². The molecule has 1 fully saturated rings. The lowest BCUT2D eigenvalue weighted by molar-refractivity contribution is -0.138. The third-order valence-corrected chi connectivity index (χ3v) is 6.47. The Kier molecular flexibility index (Phi) is 5.72. The number of nitrogens with zero attached hydrogens (tertiary/aromatic N) is 2. The van der Waals surface area contributed by atoms with Crippen molar-refractivity contribution in [2.45, 2.75) is 30.9 Å². The molecule has 0 unspecified atom stereocenters. The number of carbonyl (C=O) groups is 1. The second-order valence-electron chi connectivity index (χ2n) is 8.14. The second kappa shape index (κ2) is 8.06. The Hall–Kier alpha value is -2.19. The average molecular weight is 459 g/mol. The lowest BCUT2D eigenvalue weighted by Crippen LogP contribution is -2.46. The molecule has 1 spiro atoms. The van der Waals surface area contributed by atoms with Crippen molar-refractivity contribution in [3.8, 4) is 0 Å². The quantitative estimate of drug-likeness (QED) is 0.562. The molecule has 9 heteroatoms. The third-order valence-electron chi connectivity index (χ3n) is 6.23. The number of fused-ring (bicyclic) bond motifs is 2. The zero-order chi connectivity index (χ0) is 22.4. The summed E-state index contributed by atoms with van der Waals surface area (Å²) in [5, 5.41) is 0.476. The fourth-order valence-electron chi connectivity index (χ4n) is 4.55. The van der Waals surface area contributed by atoms with Gasteiger partial charge in [-0.15, -0.1) is 0 Å². The number of carbonyl (C=O) groups excluding carboxylic acids is 1. The van der Waals surface area contributed by atoms with Gasteiger partial charge in [-0.25, -0.2) is 8.78 Å². The van der Waals surface area contributed by atoms with Crippen molar-refractivity contribution in [2.75, 3.05) is 31.1 Å². The molecule has 0 N–H and O–H groups in total. The molecule has 0 radical (unpaired) electrons. The number of alkyl halides is 3. The van der Waals surface area contributed by atoms with Crippen LogP contribution in [0, 0.1) is 11.6 Å². The highest BCUT2D eigenvalue weighted by Gasteiger charge is 2.47. The predicted molar refractivity (Wildman–Crippen MR) is 108 cm³/mol. The van der Waals surface area contributed by atoms with E-state index in [1.807, 2.05) is 0 Å². The highest BCUT2D eigenvalue weighted by atomic mass is 35.5. The van der Waals surface area contributed by atoms with Gasteiger partial charge in [0.2, 0.25) is 0 Å². The Morgan fingerprint density at radius 3 is 2.48 bits per heavy atom. The molecule has 2 aliphatic rings. The van der Waals surface area contributed by atoms with Gasteiger partial charge in [0.05, 0.1) is 12.0 Å². The number of likely N-dealkylation sites (tertiary alicyclic amines) is 1. The van der Waals surface area contributed by atoms with E-state index in [4.69, 9.17) is 11.6 Å². The Morgan fingerprint density at radius 2 is 1.81 bits per heavy atom. The zero-order valence-electron chi connectivity index (χ0n) is 16.5. The summed E-state index contributed by atoms with van der Waals surface area (Å²) in [4.78, 5) is 16.3. The average Bonchev–Trinajstić information content (AvgIpc) is 3.02. The van der Waals surface area contributed by atoms with Crippen molar-refractivity contribution >= 4 is 23.2 Å². The SMILES string of the molecule is O=C(c1cccc(F)c1F)N1CC2(CCN(CCC(F)(F)F)CC2)c2cc(Cl)ccc21. The molecule has 2 aliphatic heterocycles. The minimum absolute atomic E-state index is 0.0703. The first kappa shape index (κ1) is 22.0. The Bertz CT molecular complexity index is 1000. The Balaban J connectivity index is 1.60. The van der Waals surface area contributed by atoms with Crippen LogP contribution in [0.5, 0.6) is 0 Å². The molecule has 2 heterocycles. The van der Waals surface area contributed by atoms with Crippen LogP contribution in [0.4, 0.5) is 27.6 Å². The summed E-state index contributed by atoms with van der Waals surface area (Å²) in [6.45, 7) is 1.06. The number of amides is 1. The fraction of sp³-hybridized carbons (Fsp3) is 0.409. The molecule has 2 aromatic rings. The van der Waals surface area contributed by atoms with Crippen molar-refractivity contribution in [3.05, 3.63) is 64.2 Å². The largest absolute Gasteiger partial charge is 0.390 e. The molecule has 1 amide bonds. The summed E-state index contributed by atoms with van der Waals surface area (Å²) in [5.74, 6) is -2.96. The molecule has 0 aromatic heterocycles. The maximum absolute atomic E-state index is 14.3. The van der Waals surface area contributed by atoms with Crippen LogP contribution in [0.1, 0.15) is 35.2 Å². The van der Waals surface area contributed by atoms with Gasteiger partial charge in [0, 0.05) is 29.2 Å². The van der Waals surface area contributed by atoms with Gasteiger partial charge < -0.3 is 9.80 Å². The lowest BCUT2D eigenvalue weighted by atomic mass is 9.74. The van der Waals surface area contributed by atoms with E-state index in [-0.39, 0.29) is 18.7 Å². The van der Waals surface area contributed by atoms with Crippen LogP contribution in [0.3, 0.4) is 0 Å². The molecule has 4 rings (SSSR count). The van der Waals surface area contributed by atoms with Gasteiger partial charge >= 0.3 is 6.18 Å². The molecule has 0 atom stereocenters. The highest BCUT2D eigenvalue weighted by Crippen LogP contribution is 2.48. The molecule has 3 nitrogen and oxygen atoms in total. The van der Waals surface area contributed by atoms with E-state index in [0.717, 1.165) is 11.6 Å². The highest BCUT2D eigenvalue weighted by molar-refractivity contribution is 6.30. The number of benzene rings is 2. The standard InChI is InChI=1S/C22H20ClF5N2O/c23-14-4-5-18-16(12-14)21(6-9-29(10-7-21)11-8-22(26,27)28)13-30(18)20(31)15-2-1-3-17(24)19(15)25/h1-5,12H,6-11,13H2. The van der Waals surface area contributed by atoms with E-state index in [0.29, 0.717) is 36.6 Å². The van der Waals surface area contributed by atoms with Gasteiger partial charge in [-0.1, -0.05) is 17.7 Å². The number of halogens is 6. The maximum atomic E-state index is 14.3. The Labute approximate surface area is 181 Å². The summed E-state index contributed by atoms with van der Waals surface area (Å²) in [7, 11) is 0. The van der Waals surface area contributed by atoms with Gasteiger partial charge in [-0.2, -0.15) is 13.2 Å². The summed E-state index contributed by atoms with van der Waals surface area (Å²) < 4.78 is 65.6. The van der Waals surface area contributed by atoms with E-state index in [9.17, 15) is 26.7 Å². The van der Waals surface area contributed by atoms with Crippen LogP contribution >= 0.6 is 11.6 Å². The second-order valence-corrected chi connectivity index (χ2v) is 8.58. The summed E-state index contributed by atoms with van der Waals surface area (Å²) >= 11 is 6.20. The normalized spacial score (nSPS) is 18.5. The molecule has 1 saturated heterocycles. The van der Waals surface area contributed by atoms with E-state index in [1.165, 1.54) is 17.0 Å². The maximum Gasteiger partial charge on any atom is 0.390 e. The number of piperidine rings is 1. The summed E-state index contributed by atoms with van der Waals surface area (Å²) in [6.07, 6.45) is -4.01. The van der Waals surface area contributed by atoms with Crippen LogP contribution < -0.4 is 4.90 Å². The van der Waals surface area contributed by atoms with Gasteiger partial charge in [0.15, 0.2) is 11.6 Å². The van der Waals surface area contributed by atoms with Crippen LogP contribution in [-0.2, 0) is 5.41 Å². The minimum Gasteiger partial charge on any atom is -0.307 e. The molecule has 166 valence electrons. The van der Waals surface area contributed by atoms with Gasteiger partial charge in [0.25, 0.3) is 5.91 Å².